The monoisotopic (exact) mass is 384 g/mol. The highest BCUT2D eigenvalue weighted by Crippen LogP contribution is 2.35. The fraction of sp³-hybridized carbons (Fsp3) is 0.211. The zero-order chi connectivity index (χ0) is 18.8. The number of sulfonamides is 1. The number of aromatic nitrogens is 1. The first-order valence-corrected chi connectivity index (χ1v) is 10.0. The largest absolute Gasteiger partial charge is 0.454 e. The molecule has 3 aromatic rings. The topological polar surface area (TPSA) is 86.6 Å². The number of anilines is 1. The van der Waals surface area contributed by atoms with Crippen LogP contribution in [0, 0.1) is 6.92 Å². The molecule has 0 fully saturated rings. The summed E-state index contributed by atoms with van der Waals surface area (Å²) in [5.41, 5.74) is 2.83. The Morgan fingerprint density at radius 3 is 2.74 bits per heavy atom. The average Bonchev–Trinajstić information content (AvgIpc) is 3.25. The molecule has 2 aliphatic rings. The summed E-state index contributed by atoms with van der Waals surface area (Å²) < 4.78 is 40.8. The predicted octanol–water partition coefficient (Wildman–Crippen LogP) is 2.40. The Morgan fingerprint density at radius 2 is 1.89 bits per heavy atom. The molecule has 3 heterocycles. The number of hydrogen-bond donors (Lipinski definition) is 1. The number of pyridine rings is 1. The van der Waals surface area contributed by atoms with Gasteiger partial charge in [0.15, 0.2) is 11.5 Å². The van der Waals surface area contributed by atoms with Gasteiger partial charge in [0.05, 0.1) is 16.1 Å². The normalized spacial score (nSPS) is 14.7. The minimum atomic E-state index is -3.79. The molecule has 0 radical (unpaired) electrons. The number of aryl methyl sites for hydroxylation is 3. The number of ether oxygens (including phenoxy) is 2. The van der Waals surface area contributed by atoms with Gasteiger partial charge < -0.3 is 14.0 Å². The van der Waals surface area contributed by atoms with Gasteiger partial charge in [0.2, 0.25) is 6.79 Å². The molecule has 7 nitrogen and oxygen atoms in total. The Bertz CT molecular complexity index is 1280. The van der Waals surface area contributed by atoms with Gasteiger partial charge in [-0.1, -0.05) is 0 Å². The van der Waals surface area contributed by atoms with Crippen molar-refractivity contribution in [2.45, 2.75) is 24.8 Å². The van der Waals surface area contributed by atoms with Crippen molar-refractivity contribution in [2.24, 2.45) is 0 Å². The van der Waals surface area contributed by atoms with Gasteiger partial charge in [-0.2, -0.15) is 0 Å². The second kappa shape index (κ2) is 5.50. The van der Waals surface area contributed by atoms with Crippen LogP contribution in [-0.2, 0) is 23.0 Å². The highest BCUT2D eigenvalue weighted by molar-refractivity contribution is 7.92. The number of fused-ring (bicyclic) bond motifs is 1. The summed E-state index contributed by atoms with van der Waals surface area (Å²) in [6, 6.07) is 9.74. The van der Waals surface area contributed by atoms with Crippen LogP contribution in [0.1, 0.15) is 11.1 Å². The summed E-state index contributed by atoms with van der Waals surface area (Å²) in [5, 5.41) is 0.788. The van der Waals surface area contributed by atoms with E-state index in [1.54, 1.807) is 41.0 Å². The second-order valence-electron chi connectivity index (χ2n) is 6.72. The molecule has 2 aromatic carbocycles. The molecule has 1 N–H and O–H groups in total. The minimum absolute atomic E-state index is 0.0483. The van der Waals surface area contributed by atoms with Crippen LogP contribution in [0.5, 0.6) is 11.5 Å². The quantitative estimate of drug-likeness (QED) is 0.749. The van der Waals surface area contributed by atoms with Gasteiger partial charge >= 0.3 is 0 Å². The Morgan fingerprint density at radius 1 is 1.07 bits per heavy atom. The molecule has 138 valence electrons. The first kappa shape index (κ1) is 16.2. The Balaban J connectivity index is 1.60. The summed E-state index contributed by atoms with van der Waals surface area (Å²) in [6.07, 6.45) is 0.641. The molecule has 5 rings (SSSR count). The third-order valence-corrected chi connectivity index (χ3v) is 6.36. The van der Waals surface area contributed by atoms with Gasteiger partial charge in [-0.25, -0.2) is 8.42 Å². The maximum atomic E-state index is 13.0. The van der Waals surface area contributed by atoms with E-state index in [1.165, 1.54) is 0 Å². The molecule has 1 aromatic heterocycles. The van der Waals surface area contributed by atoms with Crippen molar-refractivity contribution in [3.05, 3.63) is 57.9 Å². The SMILES string of the molecule is Cc1cc(=O)n2c3c(cc(S(=O)(=O)Nc4ccc5c(c4)OCO5)cc13)CC2. The third kappa shape index (κ3) is 2.48. The van der Waals surface area contributed by atoms with Crippen LogP contribution in [0.2, 0.25) is 0 Å². The summed E-state index contributed by atoms with van der Waals surface area (Å²) in [7, 11) is -3.79. The van der Waals surface area contributed by atoms with E-state index in [4.69, 9.17) is 9.47 Å². The minimum Gasteiger partial charge on any atom is -0.454 e. The number of nitrogens with zero attached hydrogens (tertiary/aromatic N) is 1. The van der Waals surface area contributed by atoms with Gasteiger partial charge in [0.25, 0.3) is 15.6 Å². The maximum Gasteiger partial charge on any atom is 0.261 e. The van der Waals surface area contributed by atoms with E-state index in [-0.39, 0.29) is 17.2 Å². The molecular formula is C19H16N2O5S. The van der Waals surface area contributed by atoms with Crippen molar-refractivity contribution in [1.29, 1.82) is 0 Å². The number of rotatable bonds is 3. The van der Waals surface area contributed by atoms with Crippen LogP contribution in [0.3, 0.4) is 0 Å². The van der Waals surface area contributed by atoms with Crippen molar-refractivity contribution >= 4 is 26.6 Å². The van der Waals surface area contributed by atoms with Crippen LogP contribution in [0.4, 0.5) is 5.69 Å². The maximum absolute atomic E-state index is 13.0. The van der Waals surface area contributed by atoms with E-state index in [1.807, 2.05) is 6.92 Å². The molecule has 0 atom stereocenters. The highest BCUT2D eigenvalue weighted by Gasteiger charge is 2.23. The molecule has 0 saturated heterocycles. The lowest BCUT2D eigenvalue weighted by molar-refractivity contribution is 0.174. The Kier molecular flexibility index (Phi) is 3.30. The fourth-order valence-electron chi connectivity index (χ4n) is 3.71. The van der Waals surface area contributed by atoms with E-state index in [9.17, 15) is 13.2 Å². The van der Waals surface area contributed by atoms with Crippen molar-refractivity contribution < 1.29 is 17.9 Å². The van der Waals surface area contributed by atoms with Crippen molar-refractivity contribution in [3.63, 3.8) is 0 Å². The molecule has 0 spiro atoms. The number of benzene rings is 2. The lowest BCUT2D eigenvalue weighted by atomic mass is 10.1. The fourth-order valence-corrected chi connectivity index (χ4v) is 4.84. The van der Waals surface area contributed by atoms with E-state index in [0.29, 0.717) is 30.2 Å². The van der Waals surface area contributed by atoms with Crippen LogP contribution in [0.15, 0.2) is 46.1 Å². The zero-order valence-electron chi connectivity index (χ0n) is 14.5. The third-order valence-electron chi connectivity index (χ3n) is 5.00. The van der Waals surface area contributed by atoms with Gasteiger partial charge in [-0.15, -0.1) is 0 Å². The molecule has 0 unspecified atom stereocenters. The standard InChI is InChI=1S/C19H16N2O5S/c1-11-6-18(22)21-5-4-12-7-14(9-15(11)19(12)21)27(23,24)20-13-2-3-16-17(8-13)26-10-25-16/h2-3,6-9,20H,4-5,10H2,1H3. The van der Waals surface area contributed by atoms with Gasteiger partial charge in [-0.05, 0) is 48.7 Å². The number of nitrogens with one attached hydrogen (secondary N) is 1. The second-order valence-corrected chi connectivity index (χ2v) is 8.40. The van der Waals surface area contributed by atoms with E-state index in [2.05, 4.69) is 4.72 Å². The van der Waals surface area contributed by atoms with Gasteiger partial charge in [0, 0.05) is 24.1 Å². The zero-order valence-corrected chi connectivity index (χ0v) is 15.3. The van der Waals surface area contributed by atoms with Crippen LogP contribution >= 0.6 is 0 Å². The van der Waals surface area contributed by atoms with E-state index < -0.39 is 10.0 Å². The molecule has 8 heteroatoms. The molecular weight excluding hydrogens is 368 g/mol. The number of hydrogen-bond acceptors (Lipinski definition) is 5. The molecule has 2 aliphatic heterocycles. The van der Waals surface area contributed by atoms with Crippen LogP contribution in [0.25, 0.3) is 10.9 Å². The van der Waals surface area contributed by atoms with Gasteiger partial charge in [-0.3, -0.25) is 9.52 Å². The smallest absolute Gasteiger partial charge is 0.261 e. The van der Waals surface area contributed by atoms with Gasteiger partial charge in [0.1, 0.15) is 0 Å². The highest BCUT2D eigenvalue weighted by atomic mass is 32.2. The first-order valence-electron chi connectivity index (χ1n) is 8.52. The van der Waals surface area contributed by atoms with Crippen molar-refractivity contribution in [1.82, 2.24) is 4.57 Å². The first-order chi connectivity index (χ1) is 12.9. The lowest BCUT2D eigenvalue weighted by Gasteiger charge is -2.12. The Hall–Kier alpha value is -3.00. The summed E-state index contributed by atoms with van der Waals surface area (Å²) in [4.78, 5) is 12.3. The van der Waals surface area contributed by atoms with Crippen LogP contribution in [-0.4, -0.2) is 19.8 Å². The molecule has 0 saturated carbocycles. The molecule has 0 amide bonds. The molecule has 0 bridgehead atoms. The molecule has 0 aliphatic carbocycles. The van der Waals surface area contributed by atoms with E-state index >= 15 is 0 Å². The van der Waals surface area contributed by atoms with Crippen molar-refractivity contribution in [2.75, 3.05) is 11.5 Å². The van der Waals surface area contributed by atoms with Crippen molar-refractivity contribution in [3.8, 4) is 11.5 Å². The van der Waals surface area contributed by atoms with Crippen LogP contribution < -0.4 is 19.8 Å². The predicted molar refractivity (Wildman–Crippen MR) is 100 cm³/mol. The lowest BCUT2D eigenvalue weighted by Crippen LogP contribution is -2.18. The summed E-state index contributed by atoms with van der Waals surface area (Å²) in [6.45, 7) is 2.52. The summed E-state index contributed by atoms with van der Waals surface area (Å²) in [5.74, 6) is 1.10. The summed E-state index contributed by atoms with van der Waals surface area (Å²) >= 11 is 0. The average molecular weight is 384 g/mol. The van der Waals surface area contributed by atoms with E-state index in [0.717, 1.165) is 22.0 Å². The molecule has 27 heavy (non-hydrogen) atoms. The Labute approximate surface area is 155 Å².